The Kier molecular flexibility index (Phi) is 4.04. The van der Waals surface area contributed by atoms with Crippen molar-refractivity contribution >= 4 is 0 Å². The van der Waals surface area contributed by atoms with Gasteiger partial charge in [-0.2, -0.15) is 13.2 Å². The molecule has 0 bridgehead atoms. The molecule has 1 N–H and O–H groups in total. The summed E-state index contributed by atoms with van der Waals surface area (Å²) in [6.45, 7) is 2.06. The maximum Gasteiger partial charge on any atom is 0.406 e. The molecule has 1 rings (SSSR count). The van der Waals surface area contributed by atoms with Gasteiger partial charge in [-0.25, -0.2) is 0 Å². The van der Waals surface area contributed by atoms with Crippen LogP contribution in [0.3, 0.4) is 0 Å². The maximum atomic E-state index is 12.9. The molecule has 15 heavy (non-hydrogen) atoms. The third-order valence-corrected chi connectivity index (χ3v) is 3.79. The van der Waals surface area contributed by atoms with Crippen LogP contribution in [0.1, 0.15) is 45.4 Å². The van der Waals surface area contributed by atoms with Crippen LogP contribution in [0.5, 0.6) is 0 Å². The molecule has 1 fully saturated rings. The second-order valence-corrected chi connectivity index (χ2v) is 4.54. The molecule has 0 amide bonds. The van der Waals surface area contributed by atoms with Crippen molar-refractivity contribution in [1.29, 1.82) is 0 Å². The first-order valence-corrected chi connectivity index (χ1v) is 5.71. The van der Waals surface area contributed by atoms with Gasteiger partial charge in [0.15, 0.2) is 0 Å². The fourth-order valence-electron chi connectivity index (χ4n) is 2.50. The smallest absolute Gasteiger partial charge is 0.307 e. The summed E-state index contributed by atoms with van der Waals surface area (Å²) in [5, 5.41) is 2.52. The number of alkyl halides is 3. The predicted molar refractivity (Wildman–Crippen MR) is 54.7 cm³/mol. The Hall–Kier alpha value is -0.250. The van der Waals surface area contributed by atoms with Crippen LogP contribution in [-0.4, -0.2) is 18.8 Å². The first kappa shape index (κ1) is 12.8. The van der Waals surface area contributed by atoms with E-state index in [1.807, 2.05) is 0 Å². The van der Waals surface area contributed by atoms with Gasteiger partial charge in [0.2, 0.25) is 0 Å². The van der Waals surface area contributed by atoms with Crippen LogP contribution in [0.2, 0.25) is 0 Å². The molecule has 0 spiro atoms. The molecule has 0 aromatic carbocycles. The molecule has 0 aliphatic heterocycles. The van der Waals surface area contributed by atoms with Crippen LogP contribution in [-0.2, 0) is 0 Å². The Bertz CT molecular complexity index is 202. The van der Waals surface area contributed by atoms with Gasteiger partial charge in [0.25, 0.3) is 0 Å². The molecular formula is C11H20F3N. The van der Waals surface area contributed by atoms with Crippen molar-refractivity contribution in [2.24, 2.45) is 5.92 Å². The first-order valence-electron chi connectivity index (χ1n) is 5.71. The zero-order valence-electron chi connectivity index (χ0n) is 9.45. The van der Waals surface area contributed by atoms with E-state index in [-0.39, 0.29) is 12.8 Å². The molecule has 1 aliphatic rings. The minimum atomic E-state index is -4.12. The van der Waals surface area contributed by atoms with Gasteiger partial charge in [-0.15, -0.1) is 0 Å². The van der Waals surface area contributed by atoms with Gasteiger partial charge in [-0.05, 0) is 32.2 Å². The lowest BCUT2D eigenvalue weighted by atomic mass is 9.89. The first-order chi connectivity index (χ1) is 6.95. The molecule has 1 aliphatic carbocycles. The average molecular weight is 223 g/mol. The molecule has 2 atom stereocenters. The van der Waals surface area contributed by atoms with Crippen molar-refractivity contribution in [2.75, 3.05) is 7.05 Å². The van der Waals surface area contributed by atoms with Gasteiger partial charge < -0.3 is 5.32 Å². The summed E-state index contributed by atoms with van der Waals surface area (Å²) in [6.07, 6.45) is -0.358. The quantitative estimate of drug-likeness (QED) is 0.706. The van der Waals surface area contributed by atoms with Crippen LogP contribution in [0.25, 0.3) is 0 Å². The van der Waals surface area contributed by atoms with Crippen LogP contribution in [0.4, 0.5) is 13.2 Å². The van der Waals surface area contributed by atoms with Gasteiger partial charge in [0.1, 0.15) is 5.54 Å². The molecule has 0 saturated heterocycles. The third kappa shape index (κ3) is 2.65. The van der Waals surface area contributed by atoms with E-state index in [1.165, 1.54) is 7.05 Å². The second-order valence-electron chi connectivity index (χ2n) is 4.54. The number of rotatable bonds is 2. The number of hydrogen-bond acceptors (Lipinski definition) is 1. The van der Waals surface area contributed by atoms with Crippen molar-refractivity contribution in [1.82, 2.24) is 5.32 Å². The monoisotopic (exact) mass is 223 g/mol. The van der Waals surface area contributed by atoms with Crippen molar-refractivity contribution < 1.29 is 13.2 Å². The Morgan fingerprint density at radius 1 is 1.27 bits per heavy atom. The fraction of sp³-hybridized carbons (Fsp3) is 1.00. The Labute approximate surface area is 89.4 Å². The van der Waals surface area contributed by atoms with E-state index in [2.05, 4.69) is 12.2 Å². The molecule has 4 heteroatoms. The topological polar surface area (TPSA) is 12.0 Å². The third-order valence-electron chi connectivity index (χ3n) is 3.79. The van der Waals surface area contributed by atoms with Crippen molar-refractivity contribution in [2.45, 2.75) is 57.2 Å². The zero-order chi connectivity index (χ0) is 11.5. The van der Waals surface area contributed by atoms with Crippen molar-refractivity contribution in [3.8, 4) is 0 Å². The van der Waals surface area contributed by atoms with E-state index in [4.69, 9.17) is 0 Å². The molecule has 0 aromatic heterocycles. The van der Waals surface area contributed by atoms with E-state index in [9.17, 15) is 13.2 Å². The van der Waals surface area contributed by atoms with Crippen molar-refractivity contribution in [3.63, 3.8) is 0 Å². The summed E-state index contributed by atoms with van der Waals surface area (Å²) in [5.41, 5.74) is -1.63. The zero-order valence-corrected chi connectivity index (χ0v) is 9.45. The average Bonchev–Trinajstić information content (AvgIpc) is 2.38. The number of halogens is 3. The Balaban J connectivity index is 2.75. The lowest BCUT2D eigenvalue weighted by Gasteiger charge is -2.34. The lowest BCUT2D eigenvalue weighted by molar-refractivity contribution is -0.199. The highest BCUT2D eigenvalue weighted by Crippen LogP contribution is 2.42. The van der Waals surface area contributed by atoms with Gasteiger partial charge in [0.05, 0.1) is 0 Å². The van der Waals surface area contributed by atoms with Gasteiger partial charge in [0, 0.05) is 0 Å². The van der Waals surface area contributed by atoms with Crippen LogP contribution in [0, 0.1) is 5.92 Å². The number of hydrogen-bond donors (Lipinski definition) is 1. The normalized spacial score (nSPS) is 33.8. The van der Waals surface area contributed by atoms with Gasteiger partial charge in [-0.1, -0.05) is 26.2 Å². The van der Waals surface area contributed by atoms with Crippen LogP contribution < -0.4 is 5.32 Å². The maximum absolute atomic E-state index is 12.9. The molecule has 1 saturated carbocycles. The Morgan fingerprint density at radius 3 is 2.40 bits per heavy atom. The molecule has 2 unspecified atom stereocenters. The molecule has 90 valence electrons. The molecule has 0 heterocycles. The highest BCUT2D eigenvalue weighted by Gasteiger charge is 2.53. The summed E-state index contributed by atoms with van der Waals surface area (Å²) in [5.74, 6) is 0.475. The minimum Gasteiger partial charge on any atom is -0.307 e. The standard InChI is InChI=1S/C11H20F3N/c1-3-9-5-4-7-10(15-2,8-6-9)11(12,13)14/h9,15H,3-8H2,1-2H3. The highest BCUT2D eigenvalue weighted by atomic mass is 19.4. The highest BCUT2D eigenvalue weighted by molar-refractivity contribution is 4.96. The molecule has 1 nitrogen and oxygen atoms in total. The summed E-state index contributed by atoms with van der Waals surface area (Å²) in [7, 11) is 1.43. The summed E-state index contributed by atoms with van der Waals surface area (Å²) < 4.78 is 38.8. The largest absolute Gasteiger partial charge is 0.406 e. The van der Waals surface area contributed by atoms with E-state index in [1.54, 1.807) is 0 Å². The summed E-state index contributed by atoms with van der Waals surface area (Å²) >= 11 is 0. The molecule has 0 radical (unpaired) electrons. The van der Waals surface area contributed by atoms with Crippen LogP contribution >= 0.6 is 0 Å². The minimum absolute atomic E-state index is 0.226. The summed E-state index contributed by atoms with van der Waals surface area (Å²) in [4.78, 5) is 0. The van der Waals surface area contributed by atoms with Gasteiger partial charge >= 0.3 is 6.18 Å². The predicted octanol–water partition coefficient (Wildman–Crippen LogP) is 3.50. The molecular weight excluding hydrogens is 203 g/mol. The van der Waals surface area contributed by atoms with E-state index in [0.29, 0.717) is 18.8 Å². The SMILES string of the molecule is CCC1CCCC(NC)(C(F)(F)F)CC1. The van der Waals surface area contributed by atoms with E-state index >= 15 is 0 Å². The van der Waals surface area contributed by atoms with E-state index < -0.39 is 11.7 Å². The summed E-state index contributed by atoms with van der Waals surface area (Å²) in [6, 6.07) is 0. The van der Waals surface area contributed by atoms with E-state index in [0.717, 1.165) is 12.8 Å². The molecule has 0 aromatic rings. The Morgan fingerprint density at radius 2 is 1.93 bits per heavy atom. The van der Waals surface area contributed by atoms with Crippen LogP contribution in [0.15, 0.2) is 0 Å². The second kappa shape index (κ2) is 4.73. The fourth-order valence-corrected chi connectivity index (χ4v) is 2.50. The lowest BCUT2D eigenvalue weighted by Crippen LogP contribution is -2.55. The van der Waals surface area contributed by atoms with Gasteiger partial charge in [-0.3, -0.25) is 0 Å². The van der Waals surface area contributed by atoms with Crippen molar-refractivity contribution in [3.05, 3.63) is 0 Å². The number of nitrogens with one attached hydrogen (secondary N) is 1.